The monoisotopic (exact) mass is 436 g/mol. The highest BCUT2D eigenvalue weighted by molar-refractivity contribution is 6.01. The summed E-state index contributed by atoms with van der Waals surface area (Å²) in [5.74, 6) is -1.22. The molecule has 9 nitrogen and oxygen atoms in total. The van der Waals surface area contributed by atoms with Gasteiger partial charge < -0.3 is 24.5 Å². The fourth-order valence-electron chi connectivity index (χ4n) is 5.13. The van der Waals surface area contributed by atoms with Crippen molar-refractivity contribution in [3.05, 3.63) is 71.1 Å². The van der Waals surface area contributed by atoms with E-state index in [4.69, 9.17) is 18.9 Å². The number of methoxy groups -OCH3 is 1. The van der Waals surface area contributed by atoms with Crippen LogP contribution in [0.15, 0.2) is 27.8 Å². The molecule has 0 bridgehead atoms. The van der Waals surface area contributed by atoms with Gasteiger partial charge in [-0.1, -0.05) is 12.1 Å². The lowest BCUT2D eigenvalue weighted by molar-refractivity contribution is -0.159. The van der Waals surface area contributed by atoms with Crippen LogP contribution in [0.5, 0.6) is 5.75 Å². The van der Waals surface area contributed by atoms with Crippen LogP contribution in [0.4, 0.5) is 0 Å². The Labute approximate surface area is 181 Å². The Morgan fingerprint density at radius 2 is 1.91 bits per heavy atom. The van der Waals surface area contributed by atoms with Crippen molar-refractivity contribution in [1.82, 2.24) is 0 Å². The van der Waals surface area contributed by atoms with E-state index in [1.807, 2.05) is 0 Å². The highest BCUT2D eigenvalue weighted by atomic mass is 16.8. The van der Waals surface area contributed by atoms with E-state index in [9.17, 15) is 19.9 Å². The molecule has 0 aromatic heterocycles. The maximum atomic E-state index is 13.6. The average Bonchev–Trinajstić information content (AvgIpc) is 3.20. The number of fused-ring (bicyclic) bond motifs is 5. The molecule has 1 aromatic rings. The molecule has 9 heteroatoms. The molecule has 1 fully saturated rings. The van der Waals surface area contributed by atoms with Gasteiger partial charge in [-0.3, -0.25) is 14.4 Å². The van der Waals surface area contributed by atoms with Gasteiger partial charge in [-0.2, -0.15) is 4.79 Å². The molecular weight excluding hydrogens is 416 g/mol. The summed E-state index contributed by atoms with van der Waals surface area (Å²) in [6.45, 7) is 5.03. The molecule has 1 saturated heterocycles. The van der Waals surface area contributed by atoms with E-state index in [0.29, 0.717) is 0 Å². The predicted octanol–water partition coefficient (Wildman–Crippen LogP) is 1.44. The summed E-state index contributed by atoms with van der Waals surface area (Å²) >= 11 is 0. The van der Waals surface area contributed by atoms with E-state index in [0.717, 1.165) is 0 Å². The maximum absolute atomic E-state index is 13.6. The topological polar surface area (TPSA) is 125 Å². The fraction of sp³-hybridized carbons (Fsp3) is 0.391. The van der Waals surface area contributed by atoms with Gasteiger partial charge in [0.2, 0.25) is 5.43 Å². The number of carbonyl (C=O) groups excluding carboxylic acids is 1. The third-order valence-electron chi connectivity index (χ3n) is 6.13. The van der Waals surface area contributed by atoms with E-state index < -0.39 is 28.3 Å². The van der Waals surface area contributed by atoms with Gasteiger partial charge in [-0.05, 0) is 26.8 Å². The van der Waals surface area contributed by atoms with Crippen molar-refractivity contribution in [2.45, 2.75) is 44.7 Å². The van der Waals surface area contributed by atoms with E-state index in [-0.39, 0.29) is 62.4 Å². The van der Waals surface area contributed by atoms with Gasteiger partial charge in [-0.25, -0.2) is 0 Å². The van der Waals surface area contributed by atoms with Crippen molar-refractivity contribution in [3.63, 3.8) is 0 Å². The van der Waals surface area contributed by atoms with Crippen molar-refractivity contribution in [2.75, 3.05) is 13.9 Å². The van der Waals surface area contributed by atoms with Crippen molar-refractivity contribution in [1.29, 1.82) is 0 Å². The van der Waals surface area contributed by atoms with Gasteiger partial charge in [0.15, 0.2) is 23.8 Å². The van der Waals surface area contributed by atoms with Gasteiger partial charge in [-0.15, -0.1) is 0 Å². The van der Waals surface area contributed by atoms with Crippen LogP contribution in [0.25, 0.3) is 16.3 Å². The second kappa shape index (κ2) is 6.63. The summed E-state index contributed by atoms with van der Waals surface area (Å²) in [7, 11) is 1.43. The molecule has 0 N–H and O–H groups in total. The Balaban J connectivity index is 1.99. The van der Waals surface area contributed by atoms with E-state index in [2.05, 4.69) is 4.79 Å². The predicted molar refractivity (Wildman–Crippen MR) is 110 cm³/mol. The number of rotatable bonds is 3. The third-order valence-corrected chi connectivity index (χ3v) is 6.13. The molecule has 0 saturated carbocycles. The summed E-state index contributed by atoms with van der Waals surface area (Å²) < 4.78 is 22.5. The Morgan fingerprint density at radius 1 is 1.16 bits per heavy atom. The Bertz CT molecular complexity index is 1560. The summed E-state index contributed by atoms with van der Waals surface area (Å²) in [4.78, 5) is 43.8. The first-order valence-corrected chi connectivity index (χ1v) is 10.1. The molecule has 0 spiro atoms. The van der Waals surface area contributed by atoms with Gasteiger partial charge in [0, 0.05) is 24.5 Å². The van der Waals surface area contributed by atoms with Crippen LogP contribution in [0.1, 0.15) is 49.2 Å². The fourth-order valence-corrected chi connectivity index (χ4v) is 5.13. The first kappa shape index (κ1) is 20.7. The molecule has 1 aromatic carbocycles. The minimum Gasteiger partial charge on any atom is -0.467 e. The first-order valence-electron chi connectivity index (χ1n) is 10.1. The number of benzene rings is 1. The molecule has 5 rings (SSSR count). The zero-order valence-corrected chi connectivity index (χ0v) is 18.0. The number of hydrogen-bond donors (Lipinski definition) is 0. The molecule has 2 atom stereocenters. The number of Topliss-reactive ketones (excluding diaryl/α,β-unsaturated/α-hetero) is 1. The van der Waals surface area contributed by atoms with Crippen LogP contribution in [0.3, 0.4) is 0 Å². The van der Waals surface area contributed by atoms with Crippen LogP contribution in [-0.4, -0.2) is 35.9 Å². The van der Waals surface area contributed by atoms with E-state index in [1.54, 1.807) is 32.9 Å². The minimum atomic E-state index is -1.03. The Kier molecular flexibility index (Phi) is 4.28. The van der Waals surface area contributed by atoms with Crippen molar-refractivity contribution in [2.24, 2.45) is 0 Å². The molecule has 2 unspecified atom stereocenters. The largest absolute Gasteiger partial charge is 0.467 e. The number of ether oxygens (including phenoxy) is 4. The Morgan fingerprint density at radius 3 is 2.59 bits per heavy atom. The van der Waals surface area contributed by atoms with Gasteiger partial charge in [0.05, 0.1) is 16.2 Å². The van der Waals surface area contributed by atoms with Gasteiger partial charge in [0.25, 0.3) is 0 Å². The summed E-state index contributed by atoms with van der Waals surface area (Å²) in [5.41, 5.74) is 8.07. The molecule has 32 heavy (non-hydrogen) atoms. The minimum absolute atomic E-state index is 0.0356. The van der Waals surface area contributed by atoms with Gasteiger partial charge in [0.1, 0.15) is 22.7 Å². The quantitative estimate of drug-likeness (QED) is 0.346. The molecule has 164 valence electrons. The summed E-state index contributed by atoms with van der Waals surface area (Å²) in [6.07, 6.45) is -0.838. The Hall–Kier alpha value is -3.23. The number of carbonyl (C=O) groups is 1. The molecule has 4 aliphatic rings. The lowest BCUT2D eigenvalue weighted by Gasteiger charge is -2.31. The van der Waals surface area contributed by atoms with Crippen LogP contribution in [0.2, 0.25) is 0 Å². The highest BCUT2D eigenvalue weighted by Gasteiger charge is 2.57. The van der Waals surface area contributed by atoms with E-state index >= 15 is 0 Å². The zero-order chi connectivity index (χ0) is 23.0. The molecule has 1 heterocycles. The smallest absolute Gasteiger partial charge is 0.333 e. The second-order valence-electron chi connectivity index (χ2n) is 8.79. The maximum Gasteiger partial charge on any atom is 0.333 e. The van der Waals surface area contributed by atoms with Crippen molar-refractivity contribution in [3.8, 4) is 5.75 Å². The summed E-state index contributed by atoms with van der Waals surface area (Å²) in [6, 6.07) is 4.64. The summed E-state index contributed by atoms with van der Waals surface area (Å²) in [5, 5.41) is -0.193. The zero-order valence-electron chi connectivity index (χ0n) is 18.0. The second-order valence-corrected chi connectivity index (χ2v) is 8.79. The lowest BCUT2D eigenvalue weighted by Crippen LogP contribution is -2.41. The number of hydrogen-bond acceptors (Lipinski definition) is 7. The van der Waals surface area contributed by atoms with Crippen LogP contribution < -0.4 is 21.0 Å². The molecule has 0 amide bonds. The standard InChI is InChI=1S/C23H20N2O7/c1-22(2)31-21-17-14(11(26)8-23(21,3)32-22)15-16(18(17)25-24)20(28)13-10(19(15)27)6-5-7-12(13)30-9-29-4/h5-7,21H,8-9H2,1-4H3. The average molecular weight is 436 g/mol. The van der Waals surface area contributed by atoms with Crippen molar-refractivity contribution >= 4 is 16.6 Å². The van der Waals surface area contributed by atoms with Crippen LogP contribution >= 0.6 is 0 Å². The normalized spacial score (nSPS) is 23.9. The van der Waals surface area contributed by atoms with Gasteiger partial charge >= 0.3 is 5.36 Å². The van der Waals surface area contributed by atoms with Crippen LogP contribution in [-0.2, 0) is 14.2 Å². The van der Waals surface area contributed by atoms with Crippen molar-refractivity contribution < 1.29 is 28.5 Å². The number of nitrogens with zero attached hydrogens (tertiary/aromatic N) is 2. The lowest BCUT2D eigenvalue weighted by atomic mass is 9.79. The first-order chi connectivity index (χ1) is 15.1. The van der Waals surface area contributed by atoms with E-state index in [1.165, 1.54) is 13.2 Å². The third kappa shape index (κ3) is 2.59. The molecule has 3 aliphatic carbocycles. The number of ketones is 1. The van der Waals surface area contributed by atoms with Crippen LogP contribution in [0, 0.1) is 10.4 Å². The SMILES string of the molecule is COCOc1cccc2c(=O)c3c4c(c(=[N+]=[N-])c=3c(=O)c12)C1OC(C)(C)OC1(C)CC4=O. The molecular formula is C23H20N2O7. The molecule has 1 aliphatic heterocycles. The molecule has 0 radical (unpaired) electrons. The highest BCUT2D eigenvalue weighted by Crippen LogP contribution is 2.50.